The molecule has 0 bridgehead atoms. The van der Waals surface area contributed by atoms with Gasteiger partial charge in [0, 0.05) is 6.42 Å². The van der Waals surface area contributed by atoms with Gasteiger partial charge in [-0.1, -0.05) is 60.7 Å². The monoisotopic (exact) mass is 445 g/mol. The fraction of sp³-hybridized carbons (Fsp3) is 0.308. The minimum Gasteiger partial charge on any atom is -0.374 e. The molecule has 0 saturated carbocycles. The molecular weight excluding hydrogens is 418 g/mol. The van der Waals surface area contributed by atoms with Gasteiger partial charge in [0.25, 0.3) is 0 Å². The van der Waals surface area contributed by atoms with Crippen LogP contribution in [-0.2, 0) is 33.2 Å². The smallest absolute Gasteiger partial charge is 0.237 e. The largest absolute Gasteiger partial charge is 0.374 e. The van der Waals surface area contributed by atoms with E-state index in [0.29, 0.717) is 31.9 Å². The van der Waals surface area contributed by atoms with Crippen LogP contribution < -0.4 is 0 Å². The molecule has 1 fully saturated rings. The van der Waals surface area contributed by atoms with Crippen molar-refractivity contribution in [2.75, 3.05) is 6.61 Å². The van der Waals surface area contributed by atoms with Gasteiger partial charge in [0.1, 0.15) is 18.1 Å². The number of aliphatic hydroxyl groups is 1. The molecule has 2 aromatic carbocycles. The summed E-state index contributed by atoms with van der Waals surface area (Å²) in [5.74, 6) is -1.66. The van der Waals surface area contributed by atoms with Gasteiger partial charge in [-0.2, -0.15) is 5.10 Å². The summed E-state index contributed by atoms with van der Waals surface area (Å²) in [7, 11) is 0. The van der Waals surface area contributed by atoms with Crippen LogP contribution in [-0.4, -0.2) is 38.5 Å². The van der Waals surface area contributed by atoms with Gasteiger partial charge in [-0.15, -0.1) is 0 Å². The predicted octanol–water partition coefficient (Wildman–Crippen LogP) is 3.77. The molecule has 1 saturated heterocycles. The second-order valence-electron chi connectivity index (χ2n) is 8.32. The molecule has 4 aromatic rings. The molecule has 1 aliphatic heterocycles. The average molecular weight is 446 g/mol. The summed E-state index contributed by atoms with van der Waals surface area (Å²) in [5.41, 5.74) is 4.28. The Balaban J connectivity index is 1.36. The van der Waals surface area contributed by atoms with E-state index in [1.807, 2.05) is 79.7 Å². The molecule has 170 valence electrons. The van der Waals surface area contributed by atoms with Gasteiger partial charge in [-0.25, -0.2) is 9.50 Å². The summed E-state index contributed by atoms with van der Waals surface area (Å²) < 4.78 is 20.0. The van der Waals surface area contributed by atoms with Gasteiger partial charge in [-0.05, 0) is 30.2 Å². The molecule has 5 rings (SSSR count). The number of aromatic nitrogens is 3. The van der Waals surface area contributed by atoms with Crippen molar-refractivity contribution in [3.63, 3.8) is 0 Å². The minimum atomic E-state index is -1.66. The van der Waals surface area contributed by atoms with Crippen molar-refractivity contribution in [2.24, 2.45) is 0 Å². The van der Waals surface area contributed by atoms with E-state index in [2.05, 4.69) is 10.1 Å². The van der Waals surface area contributed by atoms with Crippen LogP contribution in [0.5, 0.6) is 0 Å². The van der Waals surface area contributed by atoms with Crippen molar-refractivity contribution < 1.29 is 19.3 Å². The molecule has 2 aromatic heterocycles. The third kappa shape index (κ3) is 4.54. The number of rotatable bonds is 8. The number of aryl methyl sites for hydroxylation is 1. The quantitative estimate of drug-likeness (QED) is 0.445. The van der Waals surface area contributed by atoms with Crippen LogP contribution in [0.15, 0.2) is 79.1 Å². The van der Waals surface area contributed by atoms with E-state index in [4.69, 9.17) is 14.2 Å². The zero-order valence-electron chi connectivity index (χ0n) is 18.5. The first kappa shape index (κ1) is 21.7. The highest BCUT2D eigenvalue weighted by atomic mass is 16.7. The Morgan fingerprint density at radius 1 is 1.00 bits per heavy atom. The Kier molecular flexibility index (Phi) is 6.20. The SMILES string of the molecule is Cc1ncnn2c(C3(O)O[C@H](COCc4ccccc4)C[C@H]3OCc3ccccc3)ccc12. The van der Waals surface area contributed by atoms with Gasteiger partial charge in [0.05, 0.1) is 37.1 Å². The zero-order chi connectivity index (χ0) is 22.7. The molecule has 3 heterocycles. The highest BCUT2D eigenvalue weighted by Crippen LogP contribution is 2.40. The van der Waals surface area contributed by atoms with Crippen molar-refractivity contribution >= 4 is 5.52 Å². The van der Waals surface area contributed by atoms with Crippen LogP contribution in [0.2, 0.25) is 0 Å². The van der Waals surface area contributed by atoms with Crippen LogP contribution in [0, 0.1) is 6.92 Å². The lowest BCUT2D eigenvalue weighted by atomic mass is 10.0. The molecule has 0 radical (unpaired) electrons. The highest BCUT2D eigenvalue weighted by Gasteiger charge is 2.51. The first-order valence-electron chi connectivity index (χ1n) is 11.1. The standard InChI is InChI=1S/C26H27N3O4/c1-19-23-12-13-24(29(23)28-18-27-19)26(30)25(32-16-21-10-6-3-7-11-21)14-22(33-26)17-31-15-20-8-4-2-5-9-20/h2-13,18,22,25,30H,14-17H2,1H3/t22-,25+,26?/m0/s1. The minimum absolute atomic E-state index is 0.326. The molecule has 3 atom stereocenters. The van der Waals surface area contributed by atoms with Crippen molar-refractivity contribution in [1.29, 1.82) is 0 Å². The van der Waals surface area contributed by atoms with Crippen LogP contribution in [0.3, 0.4) is 0 Å². The normalized spacial score (nSPS) is 22.7. The van der Waals surface area contributed by atoms with Crippen LogP contribution in [0.25, 0.3) is 5.52 Å². The number of hydrogen-bond donors (Lipinski definition) is 1. The van der Waals surface area contributed by atoms with Crippen molar-refractivity contribution in [3.8, 4) is 0 Å². The third-order valence-electron chi connectivity index (χ3n) is 5.98. The van der Waals surface area contributed by atoms with Crippen LogP contribution >= 0.6 is 0 Å². The lowest BCUT2D eigenvalue weighted by Gasteiger charge is -2.28. The molecular formula is C26H27N3O4. The van der Waals surface area contributed by atoms with E-state index in [0.717, 1.165) is 22.3 Å². The zero-order valence-corrected chi connectivity index (χ0v) is 18.5. The van der Waals surface area contributed by atoms with Crippen LogP contribution in [0.4, 0.5) is 0 Å². The molecule has 0 amide bonds. The summed E-state index contributed by atoms with van der Waals surface area (Å²) in [5, 5.41) is 16.1. The second-order valence-corrected chi connectivity index (χ2v) is 8.32. The Morgan fingerprint density at radius 2 is 1.70 bits per heavy atom. The number of benzene rings is 2. The topological polar surface area (TPSA) is 78.1 Å². The Labute approximate surface area is 192 Å². The second kappa shape index (κ2) is 9.41. The van der Waals surface area contributed by atoms with Gasteiger partial charge in [-0.3, -0.25) is 0 Å². The maximum absolute atomic E-state index is 11.8. The predicted molar refractivity (Wildman–Crippen MR) is 122 cm³/mol. The molecule has 1 unspecified atom stereocenters. The van der Waals surface area contributed by atoms with Crippen LogP contribution in [0.1, 0.15) is 28.9 Å². The van der Waals surface area contributed by atoms with Gasteiger partial charge in [0.2, 0.25) is 5.79 Å². The van der Waals surface area contributed by atoms with Gasteiger partial charge in [0.15, 0.2) is 0 Å². The molecule has 7 nitrogen and oxygen atoms in total. The Hall–Kier alpha value is -3.10. The summed E-state index contributed by atoms with van der Waals surface area (Å²) in [6, 6.07) is 23.6. The first-order chi connectivity index (χ1) is 16.1. The Morgan fingerprint density at radius 3 is 2.42 bits per heavy atom. The number of ether oxygens (including phenoxy) is 3. The van der Waals surface area contributed by atoms with E-state index in [-0.39, 0.29) is 6.10 Å². The van der Waals surface area contributed by atoms with Crippen molar-refractivity contribution in [3.05, 3.63) is 102 Å². The van der Waals surface area contributed by atoms with Gasteiger partial charge < -0.3 is 19.3 Å². The van der Waals surface area contributed by atoms with Crippen molar-refractivity contribution in [2.45, 2.75) is 44.6 Å². The van der Waals surface area contributed by atoms with E-state index in [1.165, 1.54) is 6.33 Å². The number of fused-ring (bicyclic) bond motifs is 1. The molecule has 0 spiro atoms. The van der Waals surface area contributed by atoms with E-state index in [1.54, 1.807) is 4.52 Å². The summed E-state index contributed by atoms with van der Waals surface area (Å²) in [4.78, 5) is 4.24. The van der Waals surface area contributed by atoms with Gasteiger partial charge >= 0.3 is 0 Å². The fourth-order valence-electron chi connectivity index (χ4n) is 4.27. The maximum Gasteiger partial charge on any atom is 0.237 e. The highest BCUT2D eigenvalue weighted by molar-refractivity contribution is 5.52. The first-order valence-corrected chi connectivity index (χ1v) is 11.1. The van der Waals surface area contributed by atoms with Crippen molar-refractivity contribution in [1.82, 2.24) is 14.6 Å². The lowest BCUT2D eigenvalue weighted by molar-refractivity contribution is -0.254. The lowest BCUT2D eigenvalue weighted by Crippen LogP contribution is -2.39. The summed E-state index contributed by atoms with van der Waals surface area (Å²) >= 11 is 0. The average Bonchev–Trinajstić information content (AvgIpc) is 3.42. The molecule has 7 heteroatoms. The number of nitrogens with zero attached hydrogens (tertiary/aromatic N) is 3. The van der Waals surface area contributed by atoms with E-state index in [9.17, 15) is 5.11 Å². The summed E-state index contributed by atoms with van der Waals surface area (Å²) in [6.07, 6.45) is 1.06. The third-order valence-corrected chi connectivity index (χ3v) is 5.98. The Bertz CT molecular complexity index is 1200. The molecule has 0 aliphatic carbocycles. The fourth-order valence-corrected chi connectivity index (χ4v) is 4.27. The van der Waals surface area contributed by atoms with E-state index >= 15 is 0 Å². The molecule has 1 aliphatic rings. The number of hydrogen-bond acceptors (Lipinski definition) is 6. The molecule has 33 heavy (non-hydrogen) atoms. The summed E-state index contributed by atoms with van der Waals surface area (Å²) in [6.45, 7) is 3.10. The molecule has 1 N–H and O–H groups in total. The maximum atomic E-state index is 11.8. The van der Waals surface area contributed by atoms with E-state index < -0.39 is 11.9 Å².